The molecule has 0 spiro atoms. The summed E-state index contributed by atoms with van der Waals surface area (Å²) in [6.45, 7) is 5.98. The number of nitrogens with zero attached hydrogens (tertiary/aromatic N) is 2. The zero-order valence-corrected chi connectivity index (χ0v) is 11.7. The van der Waals surface area contributed by atoms with Crippen LogP contribution >= 0.6 is 0 Å². The van der Waals surface area contributed by atoms with E-state index in [1.165, 1.54) is 0 Å². The number of rotatable bonds is 7. The lowest BCUT2D eigenvalue weighted by Gasteiger charge is -2.26. The maximum absolute atomic E-state index is 11.6. The molecule has 0 saturated carbocycles. The van der Waals surface area contributed by atoms with Crippen molar-refractivity contribution in [1.29, 1.82) is 0 Å². The number of carbonyl (C=O) groups excluding carboxylic acids is 1. The van der Waals surface area contributed by atoms with Crippen molar-refractivity contribution in [2.24, 2.45) is 0 Å². The normalized spacial score (nSPS) is 16.0. The molecule has 1 aliphatic heterocycles. The Morgan fingerprint density at radius 1 is 1.35 bits per heavy atom. The topological polar surface area (TPSA) is 66.5 Å². The molecule has 1 amide bonds. The second-order valence-corrected chi connectivity index (χ2v) is 4.73. The Balaban J connectivity index is 1.52. The number of amides is 1. The van der Waals surface area contributed by atoms with Crippen LogP contribution in [0.15, 0.2) is 24.4 Å². The van der Waals surface area contributed by atoms with E-state index >= 15 is 0 Å². The van der Waals surface area contributed by atoms with Crippen LogP contribution < -0.4 is 10.6 Å². The number of carbonyl (C=O) groups is 1. The van der Waals surface area contributed by atoms with Gasteiger partial charge in [0.2, 0.25) is 5.91 Å². The second kappa shape index (κ2) is 8.63. The van der Waals surface area contributed by atoms with Gasteiger partial charge in [-0.3, -0.25) is 14.7 Å². The molecule has 2 rings (SSSR count). The van der Waals surface area contributed by atoms with E-state index in [0.717, 1.165) is 38.5 Å². The van der Waals surface area contributed by atoms with Crippen LogP contribution in [0.1, 0.15) is 5.69 Å². The van der Waals surface area contributed by atoms with Crippen molar-refractivity contribution in [3.8, 4) is 0 Å². The number of hydrogen-bond acceptors (Lipinski definition) is 5. The number of morpholine rings is 1. The Hall–Kier alpha value is -1.50. The Morgan fingerprint density at radius 3 is 2.95 bits per heavy atom. The van der Waals surface area contributed by atoms with Crippen molar-refractivity contribution >= 4 is 5.91 Å². The monoisotopic (exact) mass is 278 g/mol. The van der Waals surface area contributed by atoms with E-state index < -0.39 is 0 Å². The molecule has 1 aromatic rings. The highest BCUT2D eigenvalue weighted by Crippen LogP contribution is 1.94. The molecule has 0 aromatic carbocycles. The Labute approximate surface area is 119 Å². The summed E-state index contributed by atoms with van der Waals surface area (Å²) in [5.41, 5.74) is 0.939. The molecule has 6 nitrogen and oxygen atoms in total. The summed E-state index contributed by atoms with van der Waals surface area (Å²) < 4.78 is 5.28. The number of ether oxygens (including phenoxy) is 1. The summed E-state index contributed by atoms with van der Waals surface area (Å²) in [5.74, 6) is 0.0224. The molecule has 6 heteroatoms. The second-order valence-electron chi connectivity index (χ2n) is 4.73. The van der Waals surface area contributed by atoms with Gasteiger partial charge in [0.05, 0.1) is 25.5 Å². The van der Waals surface area contributed by atoms with E-state index in [1.807, 2.05) is 18.2 Å². The number of aromatic nitrogens is 1. The van der Waals surface area contributed by atoms with E-state index in [0.29, 0.717) is 19.6 Å². The molecule has 1 aromatic heterocycles. The molecule has 110 valence electrons. The smallest absolute Gasteiger partial charge is 0.234 e. The Morgan fingerprint density at radius 2 is 2.20 bits per heavy atom. The first-order valence-electron chi connectivity index (χ1n) is 7.02. The van der Waals surface area contributed by atoms with Crippen LogP contribution in [-0.4, -0.2) is 61.7 Å². The summed E-state index contributed by atoms with van der Waals surface area (Å²) in [6, 6.07) is 5.75. The standard InChI is InChI=1S/C14H22N4O2/c19-14(12-15-11-13-3-1-2-4-16-13)17-5-6-18-7-9-20-10-8-18/h1-4,15H,5-12H2,(H,17,19). The van der Waals surface area contributed by atoms with Crippen LogP contribution in [0, 0.1) is 0 Å². The molecule has 1 fully saturated rings. The average molecular weight is 278 g/mol. The zero-order valence-electron chi connectivity index (χ0n) is 11.7. The molecule has 2 heterocycles. The number of nitrogens with one attached hydrogen (secondary N) is 2. The molecule has 2 N–H and O–H groups in total. The summed E-state index contributed by atoms with van der Waals surface area (Å²) in [4.78, 5) is 18.1. The van der Waals surface area contributed by atoms with Gasteiger partial charge < -0.3 is 15.4 Å². The Bertz CT molecular complexity index is 393. The van der Waals surface area contributed by atoms with Gasteiger partial charge in [-0.15, -0.1) is 0 Å². The molecule has 0 radical (unpaired) electrons. The van der Waals surface area contributed by atoms with Crippen molar-refractivity contribution < 1.29 is 9.53 Å². The quantitative estimate of drug-likeness (QED) is 0.712. The van der Waals surface area contributed by atoms with Crippen molar-refractivity contribution in [2.75, 3.05) is 45.9 Å². The number of pyridine rings is 1. The summed E-state index contributed by atoms with van der Waals surface area (Å²) in [6.07, 6.45) is 1.75. The van der Waals surface area contributed by atoms with E-state index in [4.69, 9.17) is 4.74 Å². The Kier molecular flexibility index (Phi) is 6.43. The van der Waals surface area contributed by atoms with Crippen LogP contribution in [0.5, 0.6) is 0 Å². The van der Waals surface area contributed by atoms with E-state index in [1.54, 1.807) is 6.20 Å². The van der Waals surface area contributed by atoms with Gasteiger partial charge in [0.25, 0.3) is 0 Å². The molecule has 20 heavy (non-hydrogen) atoms. The summed E-state index contributed by atoms with van der Waals surface area (Å²) in [5, 5.41) is 5.99. The summed E-state index contributed by atoms with van der Waals surface area (Å²) in [7, 11) is 0. The molecule has 0 aliphatic carbocycles. The van der Waals surface area contributed by atoms with E-state index in [9.17, 15) is 4.79 Å². The maximum Gasteiger partial charge on any atom is 0.234 e. The van der Waals surface area contributed by atoms with Crippen molar-refractivity contribution in [3.63, 3.8) is 0 Å². The predicted molar refractivity (Wildman–Crippen MR) is 76.2 cm³/mol. The van der Waals surface area contributed by atoms with Crippen LogP contribution in [-0.2, 0) is 16.1 Å². The van der Waals surface area contributed by atoms with Crippen LogP contribution in [0.3, 0.4) is 0 Å². The van der Waals surface area contributed by atoms with Gasteiger partial charge in [-0.2, -0.15) is 0 Å². The fourth-order valence-corrected chi connectivity index (χ4v) is 2.05. The zero-order chi connectivity index (χ0) is 14.0. The van der Waals surface area contributed by atoms with Crippen LogP contribution in [0.2, 0.25) is 0 Å². The van der Waals surface area contributed by atoms with Gasteiger partial charge in [0.15, 0.2) is 0 Å². The minimum absolute atomic E-state index is 0.0224. The van der Waals surface area contributed by atoms with Crippen molar-refractivity contribution in [1.82, 2.24) is 20.5 Å². The first kappa shape index (κ1) is 14.9. The van der Waals surface area contributed by atoms with Gasteiger partial charge in [-0.05, 0) is 12.1 Å². The molecule has 0 unspecified atom stereocenters. The van der Waals surface area contributed by atoms with Gasteiger partial charge in [0.1, 0.15) is 0 Å². The van der Waals surface area contributed by atoms with Gasteiger partial charge in [0, 0.05) is 38.9 Å². The fourth-order valence-electron chi connectivity index (χ4n) is 2.05. The minimum Gasteiger partial charge on any atom is -0.379 e. The third kappa shape index (κ3) is 5.64. The van der Waals surface area contributed by atoms with Crippen LogP contribution in [0.25, 0.3) is 0 Å². The third-order valence-corrected chi connectivity index (χ3v) is 3.17. The van der Waals surface area contributed by atoms with Crippen molar-refractivity contribution in [2.45, 2.75) is 6.54 Å². The van der Waals surface area contributed by atoms with E-state index in [-0.39, 0.29) is 5.91 Å². The average Bonchev–Trinajstić information content (AvgIpc) is 2.49. The highest BCUT2D eigenvalue weighted by atomic mass is 16.5. The lowest BCUT2D eigenvalue weighted by atomic mass is 10.3. The highest BCUT2D eigenvalue weighted by Gasteiger charge is 2.09. The van der Waals surface area contributed by atoms with Crippen molar-refractivity contribution in [3.05, 3.63) is 30.1 Å². The number of hydrogen-bond donors (Lipinski definition) is 2. The summed E-state index contributed by atoms with van der Waals surface area (Å²) >= 11 is 0. The minimum atomic E-state index is 0.0224. The van der Waals surface area contributed by atoms with Crippen LogP contribution in [0.4, 0.5) is 0 Å². The molecule has 1 saturated heterocycles. The lowest BCUT2D eigenvalue weighted by Crippen LogP contribution is -2.42. The van der Waals surface area contributed by atoms with E-state index in [2.05, 4.69) is 20.5 Å². The first-order valence-corrected chi connectivity index (χ1v) is 7.02. The largest absolute Gasteiger partial charge is 0.379 e. The first-order chi connectivity index (χ1) is 9.84. The third-order valence-electron chi connectivity index (χ3n) is 3.17. The van der Waals surface area contributed by atoms with Gasteiger partial charge in [-0.25, -0.2) is 0 Å². The molecule has 0 bridgehead atoms. The lowest BCUT2D eigenvalue weighted by molar-refractivity contribution is -0.120. The molecular weight excluding hydrogens is 256 g/mol. The predicted octanol–water partition coefficient (Wildman–Crippen LogP) is -0.380. The van der Waals surface area contributed by atoms with Gasteiger partial charge >= 0.3 is 0 Å². The highest BCUT2D eigenvalue weighted by molar-refractivity contribution is 5.77. The SMILES string of the molecule is O=C(CNCc1ccccn1)NCCN1CCOCC1. The maximum atomic E-state index is 11.6. The molecule has 0 atom stereocenters. The van der Waals surface area contributed by atoms with Gasteiger partial charge in [-0.1, -0.05) is 6.07 Å². The molecular formula is C14H22N4O2. The fraction of sp³-hybridized carbons (Fsp3) is 0.571. The molecule has 1 aliphatic rings.